The van der Waals surface area contributed by atoms with Crippen LogP contribution in [0.3, 0.4) is 0 Å². The molecule has 5 rings (SSSR count). The van der Waals surface area contributed by atoms with Gasteiger partial charge in [-0.1, -0.05) is 59.6 Å². The number of benzene rings is 2. The third-order valence-electron chi connectivity index (χ3n) is 6.58. The zero-order chi connectivity index (χ0) is 20.7. The highest BCUT2D eigenvalue weighted by atomic mass is 35.5. The van der Waals surface area contributed by atoms with Gasteiger partial charge in [-0.25, -0.2) is 9.97 Å². The van der Waals surface area contributed by atoms with Gasteiger partial charge >= 0.3 is 0 Å². The van der Waals surface area contributed by atoms with Gasteiger partial charge in [-0.3, -0.25) is 4.90 Å². The van der Waals surface area contributed by atoms with E-state index in [1.54, 1.807) is 12.5 Å². The molecule has 154 valence electrons. The second kappa shape index (κ2) is 7.93. The molecule has 3 unspecified atom stereocenters. The number of nitrogens with zero attached hydrogens (tertiary/aromatic N) is 3. The van der Waals surface area contributed by atoms with Crippen LogP contribution in [0.5, 0.6) is 0 Å². The lowest BCUT2D eigenvalue weighted by molar-refractivity contribution is -0.139. The number of hydrogen-bond acceptors (Lipinski definition) is 4. The Morgan fingerprint density at radius 3 is 2.23 bits per heavy atom. The van der Waals surface area contributed by atoms with Crippen LogP contribution in [-0.2, 0) is 0 Å². The molecule has 0 saturated carbocycles. The van der Waals surface area contributed by atoms with Crippen LogP contribution in [-0.4, -0.2) is 31.7 Å². The van der Waals surface area contributed by atoms with Gasteiger partial charge in [0.2, 0.25) is 0 Å². The van der Waals surface area contributed by atoms with E-state index >= 15 is 0 Å². The van der Waals surface area contributed by atoms with Crippen molar-refractivity contribution in [2.45, 2.75) is 49.4 Å². The minimum atomic E-state index is -0.943. The average molecular weight is 440 g/mol. The molecule has 30 heavy (non-hydrogen) atoms. The Balaban J connectivity index is 1.59. The third-order valence-corrected chi connectivity index (χ3v) is 7.27. The van der Waals surface area contributed by atoms with E-state index < -0.39 is 5.72 Å². The summed E-state index contributed by atoms with van der Waals surface area (Å²) >= 11 is 13.3. The maximum absolute atomic E-state index is 11.9. The van der Waals surface area contributed by atoms with Crippen molar-refractivity contribution in [1.82, 2.24) is 14.9 Å². The van der Waals surface area contributed by atoms with Crippen molar-refractivity contribution in [1.29, 1.82) is 0 Å². The van der Waals surface area contributed by atoms with Gasteiger partial charge in [-0.15, -0.1) is 0 Å². The highest BCUT2D eigenvalue weighted by Crippen LogP contribution is 2.54. The lowest BCUT2D eigenvalue weighted by Gasteiger charge is -2.48. The molecule has 2 fully saturated rings. The molecule has 2 aromatic carbocycles. The summed E-state index contributed by atoms with van der Waals surface area (Å²) in [6, 6.07) is 17.7. The van der Waals surface area contributed by atoms with Crippen molar-refractivity contribution in [2.75, 3.05) is 0 Å². The van der Waals surface area contributed by atoms with Crippen LogP contribution in [0.25, 0.3) is 0 Å². The van der Waals surface area contributed by atoms with E-state index in [0.717, 1.165) is 36.1 Å². The molecule has 0 aliphatic carbocycles. The Hall–Kier alpha value is -1.98. The Labute approximate surface area is 186 Å². The fourth-order valence-electron chi connectivity index (χ4n) is 5.33. The predicted octanol–water partition coefficient (Wildman–Crippen LogP) is 5.60. The van der Waals surface area contributed by atoms with Gasteiger partial charge in [0.25, 0.3) is 0 Å². The van der Waals surface area contributed by atoms with Crippen LogP contribution < -0.4 is 0 Å². The van der Waals surface area contributed by atoms with E-state index in [1.807, 2.05) is 54.6 Å². The molecule has 3 heterocycles. The summed E-state index contributed by atoms with van der Waals surface area (Å²) < 4.78 is 0. The fraction of sp³-hybridized carbons (Fsp3) is 0.333. The Morgan fingerprint density at radius 2 is 1.67 bits per heavy atom. The summed E-state index contributed by atoms with van der Waals surface area (Å²) in [4.78, 5) is 10.8. The van der Waals surface area contributed by atoms with E-state index in [1.165, 1.54) is 0 Å². The first-order chi connectivity index (χ1) is 14.6. The maximum atomic E-state index is 11.9. The number of aliphatic hydroxyl groups is 1. The largest absolute Gasteiger partial charge is 0.376 e. The van der Waals surface area contributed by atoms with Crippen molar-refractivity contribution >= 4 is 23.2 Å². The molecular formula is C24H23Cl2N3O. The Bertz CT molecular complexity index is 1000. The summed E-state index contributed by atoms with van der Waals surface area (Å²) in [7, 11) is 0. The number of aromatic nitrogens is 2. The molecule has 0 radical (unpaired) electrons. The van der Waals surface area contributed by atoms with Crippen molar-refractivity contribution in [3.05, 3.63) is 94.0 Å². The summed E-state index contributed by atoms with van der Waals surface area (Å²) in [6.07, 6.45) is 6.59. The van der Waals surface area contributed by atoms with E-state index in [-0.39, 0.29) is 18.0 Å². The van der Waals surface area contributed by atoms with Gasteiger partial charge in [-0.05, 0) is 55.0 Å². The molecule has 0 amide bonds. The number of rotatable bonds is 4. The molecule has 2 aliphatic rings. The van der Waals surface area contributed by atoms with Gasteiger partial charge in [0.05, 0.1) is 6.04 Å². The monoisotopic (exact) mass is 439 g/mol. The third kappa shape index (κ3) is 3.42. The van der Waals surface area contributed by atoms with Gasteiger partial charge in [0, 0.05) is 33.9 Å². The normalized spacial score (nSPS) is 26.3. The summed E-state index contributed by atoms with van der Waals surface area (Å²) in [5.74, 6) is 0.208. The van der Waals surface area contributed by atoms with Crippen LogP contribution in [0.1, 0.15) is 54.5 Å². The first-order valence-electron chi connectivity index (χ1n) is 10.3. The molecule has 2 aliphatic heterocycles. The van der Waals surface area contributed by atoms with Crippen molar-refractivity contribution in [3.8, 4) is 0 Å². The SMILES string of the molecule is OC12CCC(CC(c3ccncn3)C1)N2C(c1ccccc1Cl)c1ccccc1Cl. The smallest absolute Gasteiger partial charge is 0.120 e. The van der Waals surface area contributed by atoms with Crippen molar-refractivity contribution in [2.24, 2.45) is 0 Å². The molecule has 2 saturated heterocycles. The molecule has 4 nitrogen and oxygen atoms in total. The maximum Gasteiger partial charge on any atom is 0.120 e. The van der Waals surface area contributed by atoms with E-state index in [9.17, 15) is 5.11 Å². The summed E-state index contributed by atoms with van der Waals surface area (Å²) in [5.41, 5.74) is 2.00. The Morgan fingerprint density at radius 1 is 1.00 bits per heavy atom. The van der Waals surface area contributed by atoms with Gasteiger partial charge in [-0.2, -0.15) is 0 Å². The average Bonchev–Trinajstić information content (AvgIpc) is 2.96. The summed E-state index contributed by atoms with van der Waals surface area (Å²) in [6.45, 7) is 0. The molecule has 0 spiro atoms. The van der Waals surface area contributed by atoms with E-state index in [0.29, 0.717) is 16.5 Å². The summed E-state index contributed by atoms with van der Waals surface area (Å²) in [5, 5.41) is 13.3. The first kappa shape index (κ1) is 20.0. The van der Waals surface area contributed by atoms with Crippen molar-refractivity contribution in [3.63, 3.8) is 0 Å². The minimum absolute atomic E-state index is 0.208. The molecule has 1 aromatic heterocycles. The lowest BCUT2D eigenvalue weighted by atomic mass is 9.83. The van der Waals surface area contributed by atoms with Gasteiger partial charge in [0.1, 0.15) is 12.1 Å². The molecule has 3 aromatic rings. The molecule has 6 heteroatoms. The van der Waals surface area contributed by atoms with Crippen LogP contribution in [0, 0.1) is 0 Å². The predicted molar refractivity (Wildman–Crippen MR) is 119 cm³/mol. The molecule has 2 bridgehead atoms. The van der Waals surface area contributed by atoms with E-state index in [4.69, 9.17) is 23.2 Å². The van der Waals surface area contributed by atoms with Gasteiger partial charge < -0.3 is 5.11 Å². The lowest BCUT2D eigenvalue weighted by Crippen LogP contribution is -2.54. The van der Waals surface area contributed by atoms with Crippen molar-refractivity contribution < 1.29 is 5.11 Å². The highest BCUT2D eigenvalue weighted by Gasteiger charge is 2.54. The topological polar surface area (TPSA) is 49.3 Å². The van der Waals surface area contributed by atoms with E-state index in [2.05, 4.69) is 14.9 Å². The quantitative estimate of drug-likeness (QED) is 0.574. The van der Waals surface area contributed by atoms with Crippen LogP contribution >= 0.6 is 23.2 Å². The van der Waals surface area contributed by atoms with Crippen LogP contribution in [0.2, 0.25) is 10.0 Å². The number of hydrogen-bond donors (Lipinski definition) is 1. The molecule has 3 atom stereocenters. The zero-order valence-electron chi connectivity index (χ0n) is 16.5. The standard InChI is InChI=1S/C24H23Cl2N3O/c25-20-7-3-1-5-18(20)23(19-6-2-4-8-21(19)26)29-17-9-11-24(29,30)14-16(13-17)22-10-12-27-15-28-22/h1-8,10,12,15-17,23,30H,9,11,13-14H2. The number of halogens is 2. The Kier molecular flexibility index (Phi) is 5.28. The van der Waals surface area contributed by atoms with Crippen LogP contribution in [0.4, 0.5) is 0 Å². The van der Waals surface area contributed by atoms with Crippen LogP contribution in [0.15, 0.2) is 67.1 Å². The number of fused-ring (bicyclic) bond motifs is 2. The first-order valence-corrected chi connectivity index (χ1v) is 11.1. The fourth-order valence-corrected chi connectivity index (χ4v) is 5.81. The number of piperidine rings is 1. The molecule has 1 N–H and O–H groups in total. The highest BCUT2D eigenvalue weighted by molar-refractivity contribution is 6.32. The zero-order valence-corrected chi connectivity index (χ0v) is 18.0. The minimum Gasteiger partial charge on any atom is -0.376 e. The van der Waals surface area contributed by atoms with Gasteiger partial charge in [0.15, 0.2) is 0 Å². The second-order valence-electron chi connectivity index (χ2n) is 8.30. The second-order valence-corrected chi connectivity index (χ2v) is 9.11. The molecular weight excluding hydrogens is 417 g/mol.